The van der Waals surface area contributed by atoms with E-state index in [1.165, 1.54) is 21.8 Å². The lowest BCUT2D eigenvalue weighted by molar-refractivity contribution is -0.119. The van der Waals surface area contributed by atoms with Crippen LogP contribution in [0.25, 0.3) is 16.6 Å². The van der Waals surface area contributed by atoms with Crippen LogP contribution in [0.3, 0.4) is 0 Å². The molecule has 3 aromatic carbocycles. The first-order valence-electron chi connectivity index (χ1n) is 10.5. The first-order valence-corrected chi connectivity index (χ1v) is 11.4. The lowest BCUT2D eigenvalue weighted by atomic mass is 10.1. The Balaban J connectivity index is 1.41. The highest BCUT2D eigenvalue weighted by molar-refractivity contribution is 7.99. The van der Waals surface area contributed by atoms with Gasteiger partial charge in [-0.2, -0.15) is 0 Å². The van der Waals surface area contributed by atoms with Gasteiger partial charge in [-0.15, -0.1) is 0 Å². The first kappa shape index (κ1) is 21.3. The minimum Gasteiger partial charge on any atom is -0.352 e. The van der Waals surface area contributed by atoms with E-state index < -0.39 is 17.2 Å². The third kappa shape index (κ3) is 4.26. The lowest BCUT2D eigenvalue weighted by Crippen LogP contribution is -2.36. The molecule has 0 radical (unpaired) electrons. The molecule has 1 amide bonds. The molecule has 8 heteroatoms. The second-order valence-electron chi connectivity index (χ2n) is 7.88. The Morgan fingerprint density at radius 3 is 2.42 bits per heavy atom. The van der Waals surface area contributed by atoms with Gasteiger partial charge in [0.25, 0.3) is 5.56 Å². The van der Waals surface area contributed by atoms with E-state index in [2.05, 4.69) is 22.4 Å². The Hall–Kier alpha value is -3.52. The van der Waals surface area contributed by atoms with Crippen LogP contribution in [0.2, 0.25) is 0 Å². The van der Waals surface area contributed by atoms with Gasteiger partial charge in [-0.1, -0.05) is 48.2 Å². The fraction of sp³-hybridized carbons (Fsp3) is 0.160. The number of amides is 1. The van der Waals surface area contributed by atoms with Gasteiger partial charge in [-0.05, 0) is 48.2 Å². The number of fused-ring (bicyclic) bond motifs is 2. The van der Waals surface area contributed by atoms with Gasteiger partial charge in [0.15, 0.2) is 16.8 Å². The van der Waals surface area contributed by atoms with Crippen molar-refractivity contribution in [3.8, 4) is 5.69 Å². The van der Waals surface area contributed by atoms with Crippen molar-refractivity contribution >= 4 is 28.6 Å². The minimum atomic E-state index is -1.07. The molecule has 0 fully saturated rings. The molecule has 0 bridgehead atoms. The molecular weight excluding hydrogens is 444 g/mol. The standard InChI is InChI=1S/C25H19F2N3O2S/c26-20-10-9-18(13-21(20)27)30-24(32)19-7-3-4-8-22(19)29-25(30)33-14-23(31)28-17-11-15-5-1-2-6-16(15)12-17/h1-10,13,17H,11-12,14H2,(H,28,31). The number of carbonyl (C=O) groups is 1. The van der Waals surface area contributed by atoms with Crippen LogP contribution in [0.4, 0.5) is 8.78 Å². The van der Waals surface area contributed by atoms with Gasteiger partial charge in [0.05, 0.1) is 22.3 Å². The summed E-state index contributed by atoms with van der Waals surface area (Å²) in [6.07, 6.45) is 1.56. The molecule has 33 heavy (non-hydrogen) atoms. The van der Waals surface area contributed by atoms with Crippen LogP contribution in [0.1, 0.15) is 11.1 Å². The van der Waals surface area contributed by atoms with E-state index in [4.69, 9.17) is 0 Å². The molecule has 4 aromatic rings. The number of rotatable bonds is 5. The van der Waals surface area contributed by atoms with Gasteiger partial charge in [0.1, 0.15) is 0 Å². The van der Waals surface area contributed by atoms with Gasteiger partial charge in [0, 0.05) is 12.1 Å². The van der Waals surface area contributed by atoms with Gasteiger partial charge in [0.2, 0.25) is 5.91 Å². The molecule has 5 nitrogen and oxygen atoms in total. The minimum absolute atomic E-state index is 0.0217. The van der Waals surface area contributed by atoms with E-state index in [9.17, 15) is 18.4 Å². The Kier molecular flexibility index (Phi) is 5.68. The summed E-state index contributed by atoms with van der Waals surface area (Å²) in [4.78, 5) is 30.4. The smallest absolute Gasteiger partial charge is 0.266 e. The number of para-hydroxylation sites is 1. The molecule has 0 atom stereocenters. The van der Waals surface area contributed by atoms with Crippen molar-refractivity contribution in [1.29, 1.82) is 0 Å². The van der Waals surface area contributed by atoms with Crippen LogP contribution in [0.5, 0.6) is 0 Å². The summed E-state index contributed by atoms with van der Waals surface area (Å²) in [5.74, 6) is -2.23. The zero-order chi connectivity index (χ0) is 22.9. The average Bonchev–Trinajstić information content (AvgIpc) is 3.22. The number of hydrogen-bond donors (Lipinski definition) is 1. The molecule has 0 saturated carbocycles. The molecule has 0 unspecified atom stereocenters. The Morgan fingerprint density at radius 1 is 1.00 bits per heavy atom. The van der Waals surface area contributed by atoms with Gasteiger partial charge >= 0.3 is 0 Å². The molecule has 1 aliphatic rings. The summed E-state index contributed by atoms with van der Waals surface area (Å²) in [5, 5.41) is 3.62. The van der Waals surface area contributed by atoms with Gasteiger partial charge in [-0.25, -0.2) is 13.8 Å². The molecule has 0 aliphatic heterocycles. The predicted molar refractivity (Wildman–Crippen MR) is 124 cm³/mol. The van der Waals surface area contributed by atoms with E-state index >= 15 is 0 Å². The monoisotopic (exact) mass is 463 g/mol. The summed E-state index contributed by atoms with van der Waals surface area (Å²) in [6.45, 7) is 0. The number of carbonyl (C=O) groups excluding carboxylic acids is 1. The maximum atomic E-state index is 13.9. The Morgan fingerprint density at radius 2 is 1.70 bits per heavy atom. The number of benzene rings is 3. The molecule has 0 spiro atoms. The molecule has 166 valence electrons. The zero-order valence-corrected chi connectivity index (χ0v) is 18.2. The number of thioether (sulfide) groups is 1. The van der Waals surface area contributed by atoms with Crippen LogP contribution in [-0.4, -0.2) is 27.3 Å². The molecule has 1 heterocycles. The van der Waals surface area contributed by atoms with Crippen molar-refractivity contribution in [3.05, 3.63) is 99.8 Å². The summed E-state index contributed by atoms with van der Waals surface area (Å²) >= 11 is 1.08. The zero-order valence-electron chi connectivity index (χ0n) is 17.4. The van der Waals surface area contributed by atoms with E-state index in [0.29, 0.717) is 10.9 Å². The van der Waals surface area contributed by atoms with Crippen LogP contribution in [0.15, 0.2) is 76.7 Å². The largest absolute Gasteiger partial charge is 0.352 e. The Bertz CT molecular complexity index is 1410. The number of nitrogens with one attached hydrogen (secondary N) is 1. The third-order valence-electron chi connectivity index (χ3n) is 5.65. The van der Waals surface area contributed by atoms with Crippen molar-refractivity contribution in [2.45, 2.75) is 24.0 Å². The van der Waals surface area contributed by atoms with Crippen LogP contribution < -0.4 is 10.9 Å². The molecule has 0 saturated heterocycles. The second-order valence-corrected chi connectivity index (χ2v) is 8.82. The number of aromatic nitrogens is 2. The number of nitrogens with zero attached hydrogens (tertiary/aromatic N) is 2. The van der Waals surface area contributed by atoms with Crippen LogP contribution >= 0.6 is 11.8 Å². The van der Waals surface area contributed by atoms with E-state index in [0.717, 1.165) is 36.7 Å². The molecule has 1 N–H and O–H groups in total. The van der Waals surface area contributed by atoms with Crippen molar-refractivity contribution in [3.63, 3.8) is 0 Å². The van der Waals surface area contributed by atoms with Gasteiger partial charge < -0.3 is 5.32 Å². The number of halogens is 2. The Labute approximate surface area is 192 Å². The summed E-state index contributed by atoms with van der Waals surface area (Å²) in [6, 6.07) is 18.2. The molecular formula is C25H19F2N3O2S. The van der Waals surface area contributed by atoms with E-state index in [1.807, 2.05) is 12.1 Å². The average molecular weight is 464 g/mol. The third-order valence-corrected chi connectivity index (χ3v) is 6.59. The summed E-state index contributed by atoms with van der Waals surface area (Å²) in [5.41, 5.74) is 2.67. The van der Waals surface area contributed by atoms with E-state index in [-0.39, 0.29) is 28.5 Å². The quantitative estimate of drug-likeness (QED) is 0.359. The maximum Gasteiger partial charge on any atom is 0.266 e. The molecule has 1 aliphatic carbocycles. The second kappa shape index (κ2) is 8.78. The van der Waals surface area contributed by atoms with E-state index in [1.54, 1.807) is 24.3 Å². The predicted octanol–water partition coefficient (Wildman–Crippen LogP) is 4.04. The fourth-order valence-electron chi connectivity index (χ4n) is 4.12. The van der Waals surface area contributed by atoms with Crippen molar-refractivity contribution in [2.75, 3.05) is 5.75 Å². The maximum absolute atomic E-state index is 13.9. The SMILES string of the molecule is O=C(CSc1nc2ccccc2c(=O)n1-c1ccc(F)c(F)c1)NC1Cc2ccccc2C1. The van der Waals surface area contributed by atoms with Crippen molar-refractivity contribution in [1.82, 2.24) is 14.9 Å². The van der Waals surface area contributed by atoms with Crippen LogP contribution in [0, 0.1) is 11.6 Å². The van der Waals surface area contributed by atoms with Crippen molar-refractivity contribution in [2.24, 2.45) is 0 Å². The lowest BCUT2D eigenvalue weighted by Gasteiger charge is -2.15. The van der Waals surface area contributed by atoms with Gasteiger partial charge in [-0.3, -0.25) is 14.2 Å². The molecule has 5 rings (SSSR count). The first-order chi connectivity index (χ1) is 16.0. The fourth-order valence-corrected chi connectivity index (χ4v) is 4.95. The highest BCUT2D eigenvalue weighted by atomic mass is 32.2. The topological polar surface area (TPSA) is 64.0 Å². The van der Waals surface area contributed by atoms with Crippen LogP contribution in [-0.2, 0) is 17.6 Å². The van der Waals surface area contributed by atoms with Crippen molar-refractivity contribution < 1.29 is 13.6 Å². The number of hydrogen-bond acceptors (Lipinski definition) is 4. The highest BCUT2D eigenvalue weighted by Crippen LogP contribution is 2.24. The molecule has 1 aromatic heterocycles. The highest BCUT2D eigenvalue weighted by Gasteiger charge is 2.23. The summed E-state index contributed by atoms with van der Waals surface area (Å²) < 4.78 is 28.6. The normalized spacial score (nSPS) is 13.3. The summed E-state index contributed by atoms with van der Waals surface area (Å²) in [7, 11) is 0.